The number of aromatic nitrogens is 3. The second-order valence-electron chi connectivity index (χ2n) is 3.29. The van der Waals surface area contributed by atoms with Gasteiger partial charge in [0.2, 0.25) is 5.91 Å². The molecule has 0 aromatic carbocycles. The summed E-state index contributed by atoms with van der Waals surface area (Å²) in [5, 5.41) is 9.22. The first-order valence-corrected chi connectivity index (χ1v) is 5.12. The molecule has 1 aromatic rings. The Bertz CT molecular complexity index is 297. The SMILES string of the molecule is COC(CN)C(=O)NCCCc1ncn[nH]1. The standard InChI is InChI=1S/C9H17N5O2/c1-16-7(5-10)9(15)11-4-2-3-8-12-6-13-14-8/h6-7H,2-5,10H2,1H3,(H,11,15)(H,12,13,14). The molecule has 0 aliphatic heterocycles. The second kappa shape index (κ2) is 6.91. The van der Waals surface area contributed by atoms with E-state index in [-0.39, 0.29) is 12.5 Å². The summed E-state index contributed by atoms with van der Waals surface area (Å²) >= 11 is 0. The summed E-state index contributed by atoms with van der Waals surface area (Å²) in [6.45, 7) is 0.754. The molecule has 0 aliphatic carbocycles. The highest BCUT2D eigenvalue weighted by Crippen LogP contribution is 1.92. The molecule has 1 unspecified atom stereocenters. The molecule has 0 radical (unpaired) electrons. The van der Waals surface area contributed by atoms with Crippen molar-refractivity contribution in [1.29, 1.82) is 0 Å². The minimum Gasteiger partial charge on any atom is -0.370 e. The van der Waals surface area contributed by atoms with Crippen LogP contribution in [0.3, 0.4) is 0 Å². The van der Waals surface area contributed by atoms with Gasteiger partial charge in [0.15, 0.2) is 0 Å². The zero-order valence-corrected chi connectivity index (χ0v) is 9.27. The lowest BCUT2D eigenvalue weighted by Crippen LogP contribution is -2.41. The molecule has 1 amide bonds. The molecule has 1 atom stereocenters. The Morgan fingerprint density at radius 3 is 3.12 bits per heavy atom. The van der Waals surface area contributed by atoms with Crippen molar-refractivity contribution in [2.24, 2.45) is 5.73 Å². The monoisotopic (exact) mass is 227 g/mol. The molecule has 0 fully saturated rings. The van der Waals surface area contributed by atoms with E-state index in [1.165, 1.54) is 13.4 Å². The first kappa shape index (κ1) is 12.6. The minimum absolute atomic E-state index is 0.178. The number of aromatic amines is 1. The van der Waals surface area contributed by atoms with Crippen LogP contribution in [0, 0.1) is 0 Å². The van der Waals surface area contributed by atoms with Gasteiger partial charge < -0.3 is 15.8 Å². The second-order valence-corrected chi connectivity index (χ2v) is 3.29. The Morgan fingerprint density at radius 1 is 1.75 bits per heavy atom. The third-order valence-corrected chi connectivity index (χ3v) is 2.15. The quantitative estimate of drug-likeness (QED) is 0.509. The summed E-state index contributed by atoms with van der Waals surface area (Å²) < 4.78 is 4.90. The van der Waals surface area contributed by atoms with E-state index < -0.39 is 6.10 Å². The number of ether oxygens (including phenoxy) is 1. The molecule has 7 heteroatoms. The van der Waals surface area contributed by atoms with Gasteiger partial charge in [-0.05, 0) is 6.42 Å². The molecule has 7 nitrogen and oxygen atoms in total. The van der Waals surface area contributed by atoms with Gasteiger partial charge in [-0.25, -0.2) is 4.98 Å². The molecule has 0 saturated carbocycles. The first-order chi connectivity index (χ1) is 7.77. The van der Waals surface area contributed by atoms with Crippen molar-refractivity contribution in [3.8, 4) is 0 Å². The van der Waals surface area contributed by atoms with E-state index in [2.05, 4.69) is 20.5 Å². The number of rotatable bonds is 7. The molecule has 4 N–H and O–H groups in total. The molecule has 16 heavy (non-hydrogen) atoms. The average Bonchev–Trinajstić information content (AvgIpc) is 2.79. The van der Waals surface area contributed by atoms with E-state index in [1.54, 1.807) is 0 Å². The molecule has 0 bridgehead atoms. The van der Waals surface area contributed by atoms with Crippen LogP contribution in [0.1, 0.15) is 12.2 Å². The van der Waals surface area contributed by atoms with Crippen molar-refractivity contribution < 1.29 is 9.53 Å². The number of aryl methyl sites for hydroxylation is 1. The van der Waals surface area contributed by atoms with Crippen LogP contribution >= 0.6 is 0 Å². The van der Waals surface area contributed by atoms with Crippen molar-refractivity contribution >= 4 is 5.91 Å². The summed E-state index contributed by atoms with van der Waals surface area (Å²) in [6.07, 6.45) is 2.44. The fourth-order valence-corrected chi connectivity index (χ4v) is 1.24. The van der Waals surface area contributed by atoms with Crippen LogP contribution in [0.2, 0.25) is 0 Å². The molecule has 0 aliphatic rings. The van der Waals surface area contributed by atoms with E-state index >= 15 is 0 Å². The summed E-state index contributed by atoms with van der Waals surface area (Å²) in [5.41, 5.74) is 5.36. The van der Waals surface area contributed by atoms with Gasteiger partial charge in [0.25, 0.3) is 0 Å². The number of hydrogen-bond acceptors (Lipinski definition) is 5. The van der Waals surface area contributed by atoms with Gasteiger partial charge in [0.1, 0.15) is 18.3 Å². The van der Waals surface area contributed by atoms with Crippen LogP contribution in [-0.2, 0) is 16.0 Å². The molecule has 0 spiro atoms. The largest absolute Gasteiger partial charge is 0.370 e. The van der Waals surface area contributed by atoms with Crippen LogP contribution in [-0.4, -0.2) is 47.4 Å². The van der Waals surface area contributed by atoms with Gasteiger partial charge in [0.05, 0.1) is 0 Å². The van der Waals surface area contributed by atoms with E-state index in [4.69, 9.17) is 10.5 Å². The summed E-state index contributed by atoms with van der Waals surface area (Å²) in [7, 11) is 1.46. The zero-order valence-electron chi connectivity index (χ0n) is 9.27. The fourth-order valence-electron chi connectivity index (χ4n) is 1.24. The highest BCUT2D eigenvalue weighted by molar-refractivity contribution is 5.80. The van der Waals surface area contributed by atoms with Crippen molar-refractivity contribution in [3.63, 3.8) is 0 Å². The van der Waals surface area contributed by atoms with Crippen LogP contribution in [0.15, 0.2) is 6.33 Å². The molecule has 1 rings (SSSR count). The Kier molecular flexibility index (Phi) is 5.44. The number of hydrogen-bond donors (Lipinski definition) is 3. The normalized spacial score (nSPS) is 12.4. The molecule has 0 saturated heterocycles. The van der Waals surface area contributed by atoms with Gasteiger partial charge in [-0.3, -0.25) is 9.89 Å². The number of nitrogens with one attached hydrogen (secondary N) is 2. The maximum absolute atomic E-state index is 11.4. The van der Waals surface area contributed by atoms with Crippen LogP contribution in [0.5, 0.6) is 0 Å². The van der Waals surface area contributed by atoms with Crippen LogP contribution < -0.4 is 11.1 Å². The lowest BCUT2D eigenvalue weighted by Gasteiger charge is -2.12. The Labute approximate surface area is 93.8 Å². The molecular formula is C9H17N5O2. The molecule has 1 aromatic heterocycles. The van der Waals surface area contributed by atoms with E-state index in [1.807, 2.05) is 0 Å². The lowest BCUT2D eigenvalue weighted by molar-refractivity contribution is -0.130. The Hall–Kier alpha value is -1.47. The number of carbonyl (C=O) groups is 1. The number of amides is 1. The van der Waals surface area contributed by atoms with Crippen molar-refractivity contribution in [1.82, 2.24) is 20.5 Å². The summed E-state index contributed by atoms with van der Waals surface area (Å²) in [6, 6.07) is 0. The summed E-state index contributed by atoms with van der Waals surface area (Å²) in [5.74, 6) is 0.638. The third-order valence-electron chi connectivity index (χ3n) is 2.15. The predicted molar refractivity (Wildman–Crippen MR) is 57.6 cm³/mol. The van der Waals surface area contributed by atoms with Gasteiger partial charge in [-0.15, -0.1) is 0 Å². The lowest BCUT2D eigenvalue weighted by atomic mass is 10.3. The number of nitrogens with two attached hydrogens (primary N) is 1. The maximum atomic E-state index is 11.4. The van der Waals surface area contributed by atoms with E-state index in [0.717, 1.165) is 18.7 Å². The highest BCUT2D eigenvalue weighted by atomic mass is 16.5. The minimum atomic E-state index is -0.565. The van der Waals surface area contributed by atoms with Crippen LogP contribution in [0.4, 0.5) is 0 Å². The number of methoxy groups -OCH3 is 1. The third kappa shape index (κ3) is 3.95. The van der Waals surface area contributed by atoms with Gasteiger partial charge in [-0.2, -0.15) is 5.10 Å². The molecule has 1 heterocycles. The Balaban J connectivity index is 2.13. The van der Waals surface area contributed by atoms with E-state index in [9.17, 15) is 4.79 Å². The van der Waals surface area contributed by atoms with Gasteiger partial charge in [0, 0.05) is 26.6 Å². The maximum Gasteiger partial charge on any atom is 0.250 e. The number of H-pyrrole nitrogens is 1. The van der Waals surface area contributed by atoms with Crippen molar-refractivity contribution in [2.45, 2.75) is 18.9 Å². The average molecular weight is 227 g/mol. The van der Waals surface area contributed by atoms with Gasteiger partial charge in [-0.1, -0.05) is 0 Å². The topological polar surface area (TPSA) is 106 Å². The number of nitrogens with zero attached hydrogens (tertiary/aromatic N) is 2. The van der Waals surface area contributed by atoms with Crippen molar-refractivity contribution in [3.05, 3.63) is 12.2 Å². The number of carbonyl (C=O) groups excluding carboxylic acids is 1. The van der Waals surface area contributed by atoms with E-state index in [0.29, 0.717) is 6.54 Å². The molecule has 90 valence electrons. The summed E-state index contributed by atoms with van der Waals surface area (Å²) in [4.78, 5) is 15.4. The fraction of sp³-hybridized carbons (Fsp3) is 0.667. The predicted octanol–water partition coefficient (Wildman–Crippen LogP) is -1.17. The zero-order chi connectivity index (χ0) is 11.8. The highest BCUT2D eigenvalue weighted by Gasteiger charge is 2.14. The smallest absolute Gasteiger partial charge is 0.250 e. The van der Waals surface area contributed by atoms with Crippen molar-refractivity contribution in [2.75, 3.05) is 20.2 Å². The van der Waals surface area contributed by atoms with Crippen LogP contribution in [0.25, 0.3) is 0 Å². The molecular weight excluding hydrogens is 210 g/mol. The van der Waals surface area contributed by atoms with Gasteiger partial charge >= 0.3 is 0 Å². The first-order valence-electron chi connectivity index (χ1n) is 5.12. The Morgan fingerprint density at radius 2 is 2.56 bits per heavy atom.